The van der Waals surface area contributed by atoms with Gasteiger partial charge in [-0.3, -0.25) is 4.98 Å². The third-order valence-corrected chi connectivity index (χ3v) is 6.70. The molecule has 4 rings (SSSR count). The summed E-state index contributed by atoms with van der Waals surface area (Å²) in [5.74, 6) is 0.632. The zero-order chi connectivity index (χ0) is 17.6. The maximum Gasteiger partial charge on any atom is 0.192 e. The van der Waals surface area contributed by atoms with Crippen molar-refractivity contribution in [3.05, 3.63) is 65.7 Å². The van der Waals surface area contributed by atoms with E-state index < -0.39 is 0 Å². The van der Waals surface area contributed by atoms with Crippen molar-refractivity contribution in [2.75, 3.05) is 13.1 Å². The average Bonchev–Trinajstić information content (AvgIpc) is 2.72. The molecule has 2 aliphatic rings. The number of hydrogen-bond acceptors (Lipinski definition) is 2. The van der Waals surface area contributed by atoms with E-state index in [2.05, 4.69) is 44.0 Å². The largest absolute Gasteiger partial charge is 0.259 e. The quantitative estimate of drug-likeness (QED) is 0.487. The minimum absolute atomic E-state index is 0.209. The first-order chi connectivity index (χ1) is 12.0. The maximum absolute atomic E-state index is 11.7. The van der Waals surface area contributed by atoms with Crippen LogP contribution in [0.4, 0.5) is 0 Å². The number of aryl methyl sites for hydroxylation is 2. The van der Waals surface area contributed by atoms with Crippen molar-refractivity contribution >= 4 is 43.5 Å². The van der Waals surface area contributed by atoms with Gasteiger partial charge >= 0.3 is 0 Å². The van der Waals surface area contributed by atoms with E-state index in [0.29, 0.717) is 19.0 Å². The van der Waals surface area contributed by atoms with Gasteiger partial charge in [-0.1, -0.05) is 27.5 Å². The molecule has 1 saturated heterocycles. The van der Waals surface area contributed by atoms with Crippen molar-refractivity contribution in [2.45, 2.75) is 31.6 Å². The zero-order valence-corrected chi connectivity index (χ0v) is 17.6. The summed E-state index contributed by atoms with van der Waals surface area (Å²) < 4.78 is 3.26. The van der Waals surface area contributed by atoms with Crippen molar-refractivity contribution in [1.29, 1.82) is 0 Å². The lowest BCUT2D eigenvalue weighted by molar-refractivity contribution is -0.561. The van der Waals surface area contributed by atoms with E-state index in [9.17, 15) is 4.91 Å². The molecule has 1 aromatic heterocycles. The number of pyridine rings is 1. The molecule has 1 fully saturated rings. The number of nitrogens with zero attached hydrogens (tertiary/aromatic N) is 2. The Hall–Kier alpha value is -0.780. The van der Waals surface area contributed by atoms with Gasteiger partial charge in [0.05, 0.1) is 5.69 Å². The SMILES string of the molecule is O=[N+]1CCC([C@H]2c3ncc(Br)cc3CCc3cc(Cl)cc(Br)c32)CC1. The van der Waals surface area contributed by atoms with Crippen LogP contribution in [-0.2, 0) is 12.8 Å². The Kier molecular flexibility index (Phi) is 5.00. The topological polar surface area (TPSA) is 33.0 Å². The smallest absolute Gasteiger partial charge is 0.192 e. The van der Waals surface area contributed by atoms with E-state index in [4.69, 9.17) is 16.6 Å². The summed E-state index contributed by atoms with van der Waals surface area (Å²) in [6.07, 6.45) is 5.61. The second-order valence-corrected chi connectivity index (χ2v) is 9.11. The van der Waals surface area contributed by atoms with Gasteiger partial charge in [0.15, 0.2) is 13.1 Å². The molecule has 0 amide bonds. The van der Waals surface area contributed by atoms with Crippen molar-refractivity contribution in [2.24, 2.45) is 5.92 Å². The van der Waals surface area contributed by atoms with E-state index in [0.717, 1.165) is 45.3 Å². The predicted molar refractivity (Wildman–Crippen MR) is 106 cm³/mol. The molecule has 0 unspecified atom stereocenters. The number of rotatable bonds is 1. The molecule has 0 N–H and O–H groups in total. The highest BCUT2D eigenvalue weighted by Crippen LogP contribution is 2.45. The molecule has 25 heavy (non-hydrogen) atoms. The van der Waals surface area contributed by atoms with Crippen LogP contribution in [0.25, 0.3) is 0 Å². The monoisotopic (exact) mass is 483 g/mol. The first kappa shape index (κ1) is 17.6. The summed E-state index contributed by atoms with van der Waals surface area (Å²) in [5.41, 5.74) is 5.06. The highest BCUT2D eigenvalue weighted by atomic mass is 79.9. The van der Waals surface area contributed by atoms with Crippen LogP contribution in [0.5, 0.6) is 0 Å². The van der Waals surface area contributed by atoms with E-state index in [1.54, 1.807) is 0 Å². The molecule has 130 valence electrons. The van der Waals surface area contributed by atoms with E-state index in [1.165, 1.54) is 21.5 Å². The van der Waals surface area contributed by atoms with Crippen molar-refractivity contribution < 1.29 is 4.76 Å². The summed E-state index contributed by atoms with van der Waals surface area (Å²) in [6.45, 7) is 1.21. The van der Waals surface area contributed by atoms with E-state index in [-0.39, 0.29) is 5.92 Å². The summed E-state index contributed by atoms with van der Waals surface area (Å²) in [5, 5.41) is 0.763. The van der Waals surface area contributed by atoms with Crippen LogP contribution < -0.4 is 0 Å². The molecule has 0 saturated carbocycles. The van der Waals surface area contributed by atoms with E-state index in [1.807, 2.05) is 12.3 Å². The second-order valence-electron chi connectivity index (χ2n) is 6.90. The minimum Gasteiger partial charge on any atom is -0.259 e. The Balaban J connectivity index is 1.89. The number of piperidine rings is 1. The number of hydrogen-bond donors (Lipinski definition) is 0. The summed E-state index contributed by atoms with van der Waals surface area (Å²) in [4.78, 5) is 16.5. The van der Waals surface area contributed by atoms with Crippen molar-refractivity contribution in [1.82, 2.24) is 4.98 Å². The Bertz CT molecular complexity index is 846. The Morgan fingerprint density at radius 3 is 2.56 bits per heavy atom. The van der Waals surface area contributed by atoms with Crippen LogP contribution >= 0.6 is 43.5 Å². The number of fused-ring (bicyclic) bond motifs is 2. The average molecular weight is 486 g/mol. The third kappa shape index (κ3) is 3.43. The molecule has 0 spiro atoms. The summed E-state index contributed by atoms with van der Waals surface area (Å²) in [6, 6.07) is 6.28. The van der Waals surface area contributed by atoms with Gasteiger partial charge in [0.25, 0.3) is 0 Å². The molecule has 2 heterocycles. The van der Waals surface area contributed by atoms with Gasteiger partial charge < -0.3 is 0 Å². The molecular weight excluding hydrogens is 467 g/mol. The fraction of sp³-hybridized carbons (Fsp3) is 0.421. The minimum atomic E-state index is 0.209. The predicted octanol–water partition coefficient (Wildman–Crippen LogP) is 5.68. The molecule has 1 aliphatic heterocycles. The normalized spacial score (nSPS) is 20.8. The van der Waals surface area contributed by atoms with Gasteiger partial charge in [0.1, 0.15) is 0 Å². The highest BCUT2D eigenvalue weighted by molar-refractivity contribution is 9.10. The van der Waals surface area contributed by atoms with Gasteiger partial charge in [-0.15, -0.1) is 0 Å². The highest BCUT2D eigenvalue weighted by Gasteiger charge is 2.37. The maximum atomic E-state index is 11.7. The van der Waals surface area contributed by atoms with E-state index >= 15 is 0 Å². The number of halogens is 3. The molecule has 1 atom stereocenters. The molecule has 6 heteroatoms. The lowest BCUT2D eigenvalue weighted by Crippen LogP contribution is -2.29. The first-order valence-corrected chi connectivity index (χ1v) is 10.5. The molecule has 2 aromatic rings. The molecule has 3 nitrogen and oxygen atoms in total. The Labute approximate surface area is 169 Å². The molecule has 1 aliphatic carbocycles. The summed E-state index contributed by atoms with van der Waals surface area (Å²) >= 11 is 13.6. The van der Waals surface area contributed by atoms with Gasteiger partial charge in [-0.05, 0) is 74.3 Å². The van der Waals surface area contributed by atoms with Crippen molar-refractivity contribution in [3.63, 3.8) is 0 Å². The zero-order valence-electron chi connectivity index (χ0n) is 13.6. The first-order valence-electron chi connectivity index (χ1n) is 8.57. The van der Waals surface area contributed by atoms with Gasteiger partial charge in [-0.25, -0.2) is 0 Å². The number of aromatic nitrogens is 1. The lowest BCUT2D eigenvalue weighted by Gasteiger charge is -2.29. The van der Waals surface area contributed by atoms with Crippen LogP contribution in [0.1, 0.15) is 41.1 Å². The van der Waals surface area contributed by atoms with Crippen LogP contribution in [-0.4, -0.2) is 22.8 Å². The second kappa shape index (κ2) is 7.09. The molecule has 0 bridgehead atoms. The molecule has 0 radical (unpaired) electrons. The van der Waals surface area contributed by atoms with Gasteiger partial charge in [-0.2, -0.15) is 0 Å². The lowest BCUT2D eigenvalue weighted by atomic mass is 9.77. The van der Waals surface area contributed by atoms with Crippen LogP contribution in [0, 0.1) is 10.8 Å². The van der Waals surface area contributed by atoms with Gasteiger partial charge in [0.2, 0.25) is 0 Å². The number of benzene rings is 1. The van der Waals surface area contributed by atoms with Crippen LogP contribution in [0.2, 0.25) is 5.02 Å². The third-order valence-electron chi connectivity index (χ3n) is 5.39. The summed E-state index contributed by atoms with van der Waals surface area (Å²) in [7, 11) is 0. The van der Waals surface area contributed by atoms with Crippen molar-refractivity contribution in [3.8, 4) is 0 Å². The Morgan fingerprint density at radius 1 is 1.08 bits per heavy atom. The van der Waals surface area contributed by atoms with Crippen LogP contribution in [0.3, 0.4) is 0 Å². The standard InChI is InChI=1S/C19H18Br2ClN2O/c20-14-7-13-2-1-12-8-15(22)9-16(21)17(12)18(19(13)23-10-14)11-3-5-24(25)6-4-11/h7-11,18H,1-6H2/q+1/t18-/m1/s1. The van der Waals surface area contributed by atoms with Crippen LogP contribution in [0.15, 0.2) is 33.3 Å². The fourth-order valence-corrected chi connectivity index (χ4v) is 5.74. The Morgan fingerprint density at radius 2 is 1.80 bits per heavy atom. The molecular formula is C19H18Br2ClN2O+. The number of nitroso groups, excluding NO2 is 1. The van der Waals surface area contributed by atoms with Gasteiger partial charge in [0, 0.05) is 43.8 Å². The fourth-order valence-electron chi connectivity index (χ4n) is 4.24. The molecule has 1 aromatic carbocycles.